The number of benzene rings is 1. The Kier molecular flexibility index (Phi) is 5.29. The van der Waals surface area contributed by atoms with Crippen LogP contribution < -0.4 is 14.8 Å². The molecule has 0 saturated carbocycles. The first-order valence-corrected chi connectivity index (χ1v) is 6.60. The fourth-order valence-electron chi connectivity index (χ4n) is 1.86. The largest absolute Gasteiger partial charge is 0.493 e. The molecule has 1 N–H and O–H groups in total. The van der Waals surface area contributed by atoms with Gasteiger partial charge in [0.25, 0.3) is 0 Å². The van der Waals surface area contributed by atoms with Crippen molar-refractivity contribution < 1.29 is 23.0 Å². The number of hydrogen-bond donors (Lipinski definition) is 1. The van der Waals surface area contributed by atoms with E-state index in [4.69, 9.17) is 4.74 Å². The van der Waals surface area contributed by atoms with Crippen molar-refractivity contribution >= 4 is 17.8 Å². The Labute approximate surface area is 131 Å². The standard InChI is InChI=1S/C15H15F2N3O3/c1-20-9-8-12(19-20)18-13(21)7-6-10-4-3-5-11(22-2)14(10)23-15(16)17/h3-9,15H,1-2H3,(H,18,19,21)/b7-6-. The second-order valence-corrected chi connectivity index (χ2v) is 4.45. The average Bonchev–Trinajstić information content (AvgIpc) is 2.90. The molecule has 0 fully saturated rings. The fraction of sp³-hybridized carbons (Fsp3) is 0.200. The number of methoxy groups -OCH3 is 1. The molecule has 6 nitrogen and oxygen atoms in total. The molecule has 0 aliphatic carbocycles. The highest BCUT2D eigenvalue weighted by Crippen LogP contribution is 2.33. The molecule has 0 radical (unpaired) electrons. The highest BCUT2D eigenvalue weighted by Gasteiger charge is 2.14. The Hall–Kier alpha value is -2.90. The van der Waals surface area contributed by atoms with Gasteiger partial charge in [0.2, 0.25) is 5.91 Å². The SMILES string of the molecule is COc1cccc(/C=C\C(=O)Nc2ccn(C)n2)c1OC(F)F. The summed E-state index contributed by atoms with van der Waals surface area (Å²) in [7, 11) is 3.06. The number of amides is 1. The van der Waals surface area contributed by atoms with E-state index in [0.717, 1.165) is 0 Å². The predicted octanol–water partition coefficient (Wildman–Crippen LogP) is 2.68. The molecular weight excluding hydrogens is 308 g/mol. The first kappa shape index (κ1) is 16.5. The van der Waals surface area contributed by atoms with Crippen molar-refractivity contribution in [3.63, 3.8) is 0 Å². The van der Waals surface area contributed by atoms with Gasteiger partial charge in [-0.15, -0.1) is 0 Å². The number of halogens is 2. The minimum Gasteiger partial charge on any atom is -0.493 e. The number of carbonyl (C=O) groups excluding carboxylic acids is 1. The van der Waals surface area contributed by atoms with Crippen molar-refractivity contribution in [3.05, 3.63) is 42.1 Å². The molecule has 1 heterocycles. The summed E-state index contributed by atoms with van der Waals surface area (Å²) in [5.74, 6) is -0.0455. The van der Waals surface area contributed by atoms with E-state index in [9.17, 15) is 13.6 Å². The van der Waals surface area contributed by atoms with Crippen LogP contribution >= 0.6 is 0 Å². The lowest BCUT2D eigenvalue weighted by molar-refractivity contribution is -0.111. The van der Waals surface area contributed by atoms with Crippen LogP contribution in [0.2, 0.25) is 0 Å². The summed E-state index contributed by atoms with van der Waals surface area (Å²) in [4.78, 5) is 11.8. The highest BCUT2D eigenvalue weighted by molar-refractivity contribution is 6.01. The second kappa shape index (κ2) is 7.39. The summed E-state index contributed by atoms with van der Waals surface area (Å²) in [6.45, 7) is -3.00. The van der Waals surface area contributed by atoms with Crippen LogP contribution in [0, 0.1) is 0 Å². The Morgan fingerprint density at radius 1 is 1.39 bits per heavy atom. The maximum Gasteiger partial charge on any atom is 0.387 e. The molecule has 0 aliphatic rings. The summed E-state index contributed by atoms with van der Waals surface area (Å²) in [6.07, 6.45) is 4.23. The third-order valence-electron chi connectivity index (χ3n) is 2.82. The smallest absolute Gasteiger partial charge is 0.387 e. The van der Waals surface area contributed by atoms with Crippen LogP contribution in [0.25, 0.3) is 6.08 Å². The lowest BCUT2D eigenvalue weighted by Gasteiger charge is -2.12. The summed E-state index contributed by atoms with van der Waals surface area (Å²) in [6, 6.07) is 6.25. The predicted molar refractivity (Wildman–Crippen MR) is 80.5 cm³/mol. The fourth-order valence-corrected chi connectivity index (χ4v) is 1.86. The van der Waals surface area contributed by atoms with Gasteiger partial charge in [-0.2, -0.15) is 13.9 Å². The summed E-state index contributed by atoms with van der Waals surface area (Å²) >= 11 is 0. The van der Waals surface area contributed by atoms with Gasteiger partial charge in [-0.1, -0.05) is 12.1 Å². The van der Waals surface area contributed by atoms with Crippen LogP contribution in [0.15, 0.2) is 36.5 Å². The van der Waals surface area contributed by atoms with E-state index in [1.54, 1.807) is 25.4 Å². The van der Waals surface area contributed by atoms with E-state index in [0.29, 0.717) is 11.4 Å². The van der Waals surface area contributed by atoms with Crippen molar-refractivity contribution in [2.75, 3.05) is 12.4 Å². The van der Waals surface area contributed by atoms with Gasteiger partial charge in [0.05, 0.1) is 7.11 Å². The van der Waals surface area contributed by atoms with Crippen molar-refractivity contribution in [1.29, 1.82) is 0 Å². The normalized spacial score (nSPS) is 11.0. The molecule has 122 valence electrons. The van der Waals surface area contributed by atoms with Crippen LogP contribution in [0.3, 0.4) is 0 Å². The second-order valence-electron chi connectivity index (χ2n) is 4.45. The van der Waals surface area contributed by atoms with Gasteiger partial charge in [-0.3, -0.25) is 9.48 Å². The Bertz CT molecular complexity index is 714. The van der Waals surface area contributed by atoms with Gasteiger partial charge in [0.15, 0.2) is 17.3 Å². The maximum atomic E-state index is 12.5. The van der Waals surface area contributed by atoms with E-state index < -0.39 is 12.5 Å². The lowest BCUT2D eigenvalue weighted by Crippen LogP contribution is -2.09. The summed E-state index contributed by atoms with van der Waals surface area (Å²) < 4.78 is 36.0. The molecule has 0 unspecified atom stereocenters. The number of aryl methyl sites for hydroxylation is 1. The topological polar surface area (TPSA) is 65.4 Å². The number of ether oxygens (including phenoxy) is 2. The highest BCUT2D eigenvalue weighted by atomic mass is 19.3. The third kappa shape index (κ3) is 4.53. The number of anilines is 1. The molecule has 0 spiro atoms. The van der Waals surface area contributed by atoms with E-state index >= 15 is 0 Å². The van der Waals surface area contributed by atoms with Crippen LogP contribution in [0.4, 0.5) is 14.6 Å². The Morgan fingerprint density at radius 3 is 2.78 bits per heavy atom. The number of aromatic nitrogens is 2. The van der Waals surface area contributed by atoms with Gasteiger partial charge >= 0.3 is 6.61 Å². The minimum absolute atomic E-state index is 0.133. The molecule has 2 rings (SSSR count). The molecule has 2 aromatic rings. The zero-order valence-corrected chi connectivity index (χ0v) is 12.5. The zero-order valence-electron chi connectivity index (χ0n) is 12.5. The summed E-state index contributed by atoms with van der Waals surface area (Å²) in [5.41, 5.74) is 0.292. The number of nitrogens with zero attached hydrogens (tertiary/aromatic N) is 2. The van der Waals surface area contributed by atoms with Gasteiger partial charge in [-0.05, 0) is 12.1 Å². The van der Waals surface area contributed by atoms with Crippen molar-refractivity contribution in [2.45, 2.75) is 6.61 Å². The number of rotatable bonds is 6. The van der Waals surface area contributed by atoms with Crippen molar-refractivity contribution in [2.24, 2.45) is 7.05 Å². The maximum absolute atomic E-state index is 12.5. The number of hydrogen-bond acceptors (Lipinski definition) is 4. The lowest BCUT2D eigenvalue weighted by atomic mass is 10.1. The Balaban J connectivity index is 2.16. The summed E-state index contributed by atoms with van der Waals surface area (Å²) in [5, 5.41) is 6.54. The van der Waals surface area contributed by atoms with Crippen LogP contribution in [-0.4, -0.2) is 29.4 Å². The molecule has 1 aromatic carbocycles. The van der Waals surface area contributed by atoms with Crippen LogP contribution in [-0.2, 0) is 11.8 Å². The van der Waals surface area contributed by atoms with E-state index in [1.165, 1.54) is 36.1 Å². The molecule has 8 heteroatoms. The molecule has 0 aliphatic heterocycles. The van der Waals surface area contributed by atoms with Gasteiger partial charge in [0.1, 0.15) is 0 Å². The molecule has 0 saturated heterocycles. The number of carbonyl (C=O) groups is 1. The van der Waals surface area contributed by atoms with Gasteiger partial charge in [0, 0.05) is 31.0 Å². The van der Waals surface area contributed by atoms with Crippen molar-refractivity contribution in [3.8, 4) is 11.5 Å². The molecule has 23 heavy (non-hydrogen) atoms. The first-order valence-electron chi connectivity index (χ1n) is 6.60. The monoisotopic (exact) mass is 323 g/mol. The number of alkyl halides is 2. The molecular formula is C15H15F2N3O3. The molecule has 0 atom stereocenters. The van der Waals surface area contributed by atoms with E-state index in [1.807, 2.05) is 0 Å². The van der Waals surface area contributed by atoms with Gasteiger partial charge < -0.3 is 14.8 Å². The van der Waals surface area contributed by atoms with Crippen LogP contribution in [0.5, 0.6) is 11.5 Å². The van der Waals surface area contributed by atoms with Gasteiger partial charge in [-0.25, -0.2) is 0 Å². The number of para-hydroxylation sites is 1. The molecule has 1 aromatic heterocycles. The van der Waals surface area contributed by atoms with Crippen LogP contribution in [0.1, 0.15) is 5.56 Å². The quantitative estimate of drug-likeness (QED) is 0.830. The molecule has 1 amide bonds. The third-order valence-corrected chi connectivity index (χ3v) is 2.82. The molecule has 0 bridgehead atoms. The average molecular weight is 323 g/mol. The van der Waals surface area contributed by atoms with E-state index in [2.05, 4.69) is 15.2 Å². The Morgan fingerprint density at radius 2 is 2.17 bits per heavy atom. The van der Waals surface area contributed by atoms with E-state index in [-0.39, 0.29) is 11.5 Å². The minimum atomic E-state index is -3.00. The zero-order chi connectivity index (χ0) is 16.8. The van der Waals surface area contributed by atoms with Crippen molar-refractivity contribution in [1.82, 2.24) is 9.78 Å². The first-order chi connectivity index (χ1) is 11.0. The number of nitrogens with one attached hydrogen (secondary N) is 1.